The third kappa shape index (κ3) is 4.95. The number of methoxy groups -OCH3 is 1. The predicted octanol–water partition coefficient (Wildman–Crippen LogP) is 2.71. The SMILES string of the molecule is COC(=O)c1cc(OS(=O)(=O)c2ccccc2)c(O)c(OS(=O)(=O)c2ccccc2)c1. The van der Waals surface area contributed by atoms with Gasteiger partial charge in [-0.05, 0) is 24.3 Å². The van der Waals surface area contributed by atoms with Crippen LogP contribution >= 0.6 is 0 Å². The minimum Gasteiger partial charge on any atom is -0.502 e. The van der Waals surface area contributed by atoms with Gasteiger partial charge < -0.3 is 18.2 Å². The number of phenolic OH excluding ortho intramolecular Hbond substituents is 1. The summed E-state index contributed by atoms with van der Waals surface area (Å²) in [6, 6.07) is 15.8. The molecule has 0 aliphatic carbocycles. The van der Waals surface area contributed by atoms with E-state index in [0.717, 1.165) is 19.2 Å². The summed E-state index contributed by atoms with van der Waals surface area (Å²) in [4.78, 5) is 11.5. The molecule has 3 rings (SSSR count). The minimum absolute atomic E-state index is 0.225. The smallest absolute Gasteiger partial charge is 0.339 e. The first-order chi connectivity index (χ1) is 14.6. The van der Waals surface area contributed by atoms with Gasteiger partial charge in [0.25, 0.3) is 0 Å². The van der Waals surface area contributed by atoms with E-state index in [9.17, 15) is 26.7 Å². The molecule has 0 atom stereocenters. The molecule has 0 spiro atoms. The fourth-order valence-electron chi connectivity index (χ4n) is 2.45. The molecule has 1 N–H and O–H groups in total. The highest BCUT2D eigenvalue weighted by Crippen LogP contribution is 2.40. The van der Waals surface area contributed by atoms with Gasteiger partial charge in [0, 0.05) is 12.1 Å². The lowest BCUT2D eigenvalue weighted by atomic mass is 10.2. The van der Waals surface area contributed by atoms with Gasteiger partial charge in [0.2, 0.25) is 5.75 Å². The normalized spacial score (nSPS) is 11.5. The highest BCUT2D eigenvalue weighted by atomic mass is 32.2. The third-order valence-electron chi connectivity index (χ3n) is 3.92. The Morgan fingerprint density at radius 3 is 1.48 bits per heavy atom. The van der Waals surface area contributed by atoms with Crippen molar-refractivity contribution in [2.45, 2.75) is 9.79 Å². The molecule has 0 heterocycles. The topological polar surface area (TPSA) is 133 Å². The summed E-state index contributed by atoms with van der Waals surface area (Å²) in [6.07, 6.45) is 0. The number of esters is 1. The van der Waals surface area contributed by atoms with Gasteiger partial charge in [-0.3, -0.25) is 0 Å². The van der Waals surface area contributed by atoms with E-state index in [1.807, 2.05) is 0 Å². The van der Waals surface area contributed by atoms with Gasteiger partial charge in [0.15, 0.2) is 11.5 Å². The Bertz CT molecular complexity index is 1210. The van der Waals surface area contributed by atoms with Crippen LogP contribution in [0.15, 0.2) is 82.6 Å². The van der Waals surface area contributed by atoms with Crippen molar-refractivity contribution in [2.24, 2.45) is 0 Å². The molecule has 162 valence electrons. The largest absolute Gasteiger partial charge is 0.502 e. The van der Waals surface area contributed by atoms with Crippen LogP contribution in [0.3, 0.4) is 0 Å². The first kappa shape index (κ1) is 22.1. The molecule has 0 unspecified atom stereocenters. The van der Waals surface area contributed by atoms with Gasteiger partial charge in [0.1, 0.15) is 9.79 Å². The van der Waals surface area contributed by atoms with Crippen LogP contribution in [-0.2, 0) is 25.0 Å². The first-order valence-corrected chi connectivity index (χ1v) is 11.4. The molecular formula is C20H16O9S2. The molecule has 0 saturated heterocycles. The van der Waals surface area contributed by atoms with Crippen molar-refractivity contribution in [3.05, 3.63) is 78.4 Å². The van der Waals surface area contributed by atoms with Crippen molar-refractivity contribution in [1.82, 2.24) is 0 Å². The molecule has 0 saturated carbocycles. The number of carbonyl (C=O) groups excluding carboxylic acids is 1. The van der Waals surface area contributed by atoms with Gasteiger partial charge in [0.05, 0.1) is 12.7 Å². The maximum Gasteiger partial charge on any atom is 0.339 e. The summed E-state index contributed by atoms with van der Waals surface area (Å²) < 4.78 is 64.5. The summed E-state index contributed by atoms with van der Waals surface area (Å²) in [6.45, 7) is 0. The molecule has 0 radical (unpaired) electrons. The van der Waals surface area contributed by atoms with Crippen molar-refractivity contribution in [2.75, 3.05) is 7.11 Å². The molecule has 0 bridgehead atoms. The average Bonchev–Trinajstić information content (AvgIpc) is 2.76. The summed E-state index contributed by atoms with van der Waals surface area (Å²) in [5.41, 5.74) is -0.308. The number of aromatic hydroxyl groups is 1. The Labute approximate surface area is 178 Å². The minimum atomic E-state index is -4.41. The van der Waals surface area contributed by atoms with E-state index >= 15 is 0 Å². The third-order valence-corrected chi connectivity index (χ3v) is 6.42. The fourth-order valence-corrected chi connectivity index (χ4v) is 4.35. The lowest BCUT2D eigenvalue weighted by Crippen LogP contribution is -2.13. The lowest BCUT2D eigenvalue weighted by molar-refractivity contribution is 0.0600. The Hall–Kier alpha value is -3.57. The van der Waals surface area contributed by atoms with E-state index in [2.05, 4.69) is 4.74 Å². The van der Waals surface area contributed by atoms with Crippen molar-refractivity contribution in [3.63, 3.8) is 0 Å². The van der Waals surface area contributed by atoms with E-state index in [1.54, 1.807) is 12.1 Å². The maximum absolute atomic E-state index is 12.5. The number of hydrogen-bond donors (Lipinski definition) is 1. The van der Waals surface area contributed by atoms with Gasteiger partial charge in [-0.25, -0.2) is 4.79 Å². The molecule has 3 aromatic rings. The molecule has 0 aliphatic heterocycles. The van der Waals surface area contributed by atoms with Crippen LogP contribution < -0.4 is 8.37 Å². The van der Waals surface area contributed by atoms with Crippen molar-refractivity contribution < 1.29 is 39.8 Å². The zero-order chi connectivity index (χ0) is 22.6. The average molecular weight is 464 g/mol. The first-order valence-electron chi connectivity index (χ1n) is 8.58. The van der Waals surface area contributed by atoms with Crippen molar-refractivity contribution in [3.8, 4) is 17.2 Å². The van der Waals surface area contributed by atoms with Gasteiger partial charge >= 0.3 is 26.2 Å². The molecule has 31 heavy (non-hydrogen) atoms. The van der Waals surface area contributed by atoms with Crippen molar-refractivity contribution >= 4 is 26.2 Å². The number of hydrogen-bond acceptors (Lipinski definition) is 9. The van der Waals surface area contributed by atoms with Crippen LogP contribution in [0.4, 0.5) is 0 Å². The molecule has 11 heteroatoms. The van der Waals surface area contributed by atoms with Crippen LogP contribution in [0.5, 0.6) is 17.2 Å². The summed E-state index contributed by atoms with van der Waals surface area (Å²) >= 11 is 0. The maximum atomic E-state index is 12.5. The summed E-state index contributed by atoms with van der Waals surface area (Å²) in [5, 5.41) is 10.5. The summed E-state index contributed by atoms with van der Waals surface area (Å²) in [7, 11) is -7.76. The lowest BCUT2D eigenvalue weighted by Gasteiger charge is -2.14. The van der Waals surface area contributed by atoms with E-state index in [4.69, 9.17) is 8.37 Å². The van der Waals surface area contributed by atoms with E-state index in [1.165, 1.54) is 48.5 Å². The molecular weight excluding hydrogens is 448 g/mol. The monoisotopic (exact) mass is 464 g/mol. The predicted molar refractivity (Wildman–Crippen MR) is 108 cm³/mol. The van der Waals surface area contributed by atoms with Crippen molar-refractivity contribution in [1.29, 1.82) is 0 Å². The van der Waals surface area contributed by atoms with Gasteiger partial charge in [-0.15, -0.1) is 0 Å². The Balaban J connectivity index is 2.07. The fraction of sp³-hybridized carbons (Fsp3) is 0.0500. The Kier molecular flexibility index (Phi) is 6.18. The summed E-state index contributed by atoms with van der Waals surface area (Å²) in [5.74, 6) is -3.31. The molecule has 0 amide bonds. The quantitative estimate of drug-likeness (QED) is 0.414. The van der Waals surface area contributed by atoms with Gasteiger partial charge in [-0.2, -0.15) is 16.8 Å². The van der Waals surface area contributed by atoms with E-state index < -0.39 is 43.5 Å². The zero-order valence-corrected chi connectivity index (χ0v) is 17.6. The molecule has 9 nitrogen and oxygen atoms in total. The standard InChI is InChI=1S/C20H16O9S2/c1-27-20(22)14-12-17(28-30(23,24)15-8-4-2-5-9-15)19(21)18(13-14)29-31(25,26)16-10-6-3-7-11-16/h2-13,21H,1H3. The van der Waals surface area contributed by atoms with Crippen LogP contribution in [0.1, 0.15) is 10.4 Å². The number of carbonyl (C=O) groups is 1. The van der Waals surface area contributed by atoms with E-state index in [-0.39, 0.29) is 15.4 Å². The second-order valence-corrected chi connectivity index (χ2v) is 9.11. The van der Waals surface area contributed by atoms with Crippen LogP contribution in [0.25, 0.3) is 0 Å². The number of ether oxygens (including phenoxy) is 1. The second kappa shape index (κ2) is 8.66. The van der Waals surface area contributed by atoms with Crippen LogP contribution in [0.2, 0.25) is 0 Å². The molecule has 3 aromatic carbocycles. The number of benzene rings is 3. The highest BCUT2D eigenvalue weighted by Gasteiger charge is 2.26. The molecule has 0 fully saturated rings. The highest BCUT2D eigenvalue weighted by molar-refractivity contribution is 7.87. The number of rotatable bonds is 7. The zero-order valence-electron chi connectivity index (χ0n) is 16.0. The Morgan fingerprint density at radius 2 is 1.13 bits per heavy atom. The van der Waals surface area contributed by atoms with E-state index in [0.29, 0.717) is 0 Å². The Morgan fingerprint density at radius 1 is 0.742 bits per heavy atom. The molecule has 0 aromatic heterocycles. The van der Waals surface area contributed by atoms with Crippen LogP contribution in [0, 0.1) is 0 Å². The van der Waals surface area contributed by atoms with Gasteiger partial charge in [-0.1, -0.05) is 36.4 Å². The van der Waals surface area contributed by atoms with Crippen LogP contribution in [-0.4, -0.2) is 35.0 Å². The second-order valence-electron chi connectivity index (χ2n) is 6.01. The molecule has 0 aliphatic rings. The number of phenols is 1.